The van der Waals surface area contributed by atoms with Gasteiger partial charge in [-0.3, -0.25) is 0 Å². The molecule has 0 amide bonds. The number of ether oxygens (including phenoxy) is 1. The number of anilines is 1. The highest BCUT2D eigenvalue weighted by atomic mass is 35.5. The minimum Gasteiger partial charge on any atom is -0.465 e. The second kappa shape index (κ2) is 9.77. The Balaban J connectivity index is 2.14. The van der Waals surface area contributed by atoms with Gasteiger partial charge in [-0.25, -0.2) is 26.9 Å². The molecule has 0 aliphatic heterocycles. The lowest BCUT2D eigenvalue weighted by molar-refractivity contribution is -0.137. The lowest BCUT2D eigenvalue weighted by atomic mass is 10.2. The number of pyridine rings is 1. The van der Waals surface area contributed by atoms with E-state index >= 15 is 0 Å². The molecule has 13 heteroatoms. The summed E-state index contributed by atoms with van der Waals surface area (Å²) in [6.07, 6.45) is -4.32. The fourth-order valence-electron chi connectivity index (χ4n) is 2.86. The standard InChI is InChI=1S/C21H14Cl2F4N2O4S/c1-33-20(30)12-3-6-16(7-4-12)34(31,32)29(11-13-2-5-15(24)9-17(13)22)19-18(23)8-14(10-28-19)21(25,26)27/h2-10H,11H2,1H3. The van der Waals surface area contributed by atoms with Crippen LogP contribution in [-0.4, -0.2) is 26.5 Å². The molecule has 6 nitrogen and oxygen atoms in total. The molecule has 0 N–H and O–H groups in total. The first kappa shape index (κ1) is 25.7. The largest absolute Gasteiger partial charge is 0.465 e. The molecule has 3 aromatic rings. The molecule has 0 aliphatic rings. The maximum Gasteiger partial charge on any atom is 0.417 e. The summed E-state index contributed by atoms with van der Waals surface area (Å²) < 4.78 is 84.8. The first-order chi connectivity index (χ1) is 15.8. The minimum atomic E-state index is -4.76. The average molecular weight is 537 g/mol. The van der Waals surface area contributed by atoms with Gasteiger partial charge in [-0.2, -0.15) is 13.2 Å². The SMILES string of the molecule is COC(=O)c1ccc(S(=O)(=O)N(Cc2ccc(F)cc2Cl)c2ncc(C(F)(F)F)cc2Cl)cc1. The third-order valence-corrected chi connectivity index (χ3v) is 6.96. The van der Waals surface area contributed by atoms with Crippen molar-refractivity contribution in [2.45, 2.75) is 17.6 Å². The van der Waals surface area contributed by atoms with Crippen molar-refractivity contribution >= 4 is 45.0 Å². The van der Waals surface area contributed by atoms with Gasteiger partial charge >= 0.3 is 12.1 Å². The molecule has 0 saturated heterocycles. The van der Waals surface area contributed by atoms with Crippen LogP contribution in [0.4, 0.5) is 23.4 Å². The molecule has 0 unspecified atom stereocenters. The molecule has 180 valence electrons. The van der Waals surface area contributed by atoms with E-state index in [1.165, 1.54) is 18.2 Å². The second-order valence-corrected chi connectivity index (χ2v) is 9.47. The Bertz CT molecular complexity index is 1330. The van der Waals surface area contributed by atoms with Gasteiger partial charge in [0, 0.05) is 11.2 Å². The van der Waals surface area contributed by atoms with Crippen LogP contribution in [-0.2, 0) is 27.5 Å². The van der Waals surface area contributed by atoms with Crippen LogP contribution < -0.4 is 4.31 Å². The van der Waals surface area contributed by atoms with Gasteiger partial charge in [-0.1, -0.05) is 29.3 Å². The Morgan fingerprint density at radius 2 is 1.71 bits per heavy atom. The van der Waals surface area contributed by atoms with Gasteiger partial charge in [0.2, 0.25) is 0 Å². The number of nitrogens with zero attached hydrogens (tertiary/aromatic N) is 2. The highest BCUT2D eigenvalue weighted by Gasteiger charge is 2.34. The number of aromatic nitrogens is 1. The zero-order valence-corrected chi connectivity index (χ0v) is 19.4. The van der Waals surface area contributed by atoms with Crippen molar-refractivity contribution in [3.8, 4) is 0 Å². The predicted octanol–water partition coefficient (Wildman–Crippen LogP) is 5.73. The van der Waals surface area contributed by atoms with Gasteiger partial charge in [0.25, 0.3) is 10.0 Å². The lowest BCUT2D eigenvalue weighted by Gasteiger charge is -2.25. The number of carbonyl (C=O) groups excluding carboxylic acids is 1. The molecule has 0 spiro atoms. The van der Waals surface area contributed by atoms with Crippen LogP contribution in [0.25, 0.3) is 0 Å². The van der Waals surface area contributed by atoms with E-state index < -0.39 is 50.9 Å². The lowest BCUT2D eigenvalue weighted by Crippen LogP contribution is -2.32. The van der Waals surface area contributed by atoms with E-state index in [1.54, 1.807) is 0 Å². The van der Waals surface area contributed by atoms with E-state index in [2.05, 4.69) is 9.72 Å². The number of sulfonamides is 1. The van der Waals surface area contributed by atoms with Gasteiger partial charge < -0.3 is 4.74 Å². The van der Waals surface area contributed by atoms with E-state index in [0.29, 0.717) is 16.6 Å². The molecule has 3 rings (SSSR count). The van der Waals surface area contributed by atoms with Crippen molar-refractivity contribution < 1.29 is 35.5 Å². The Labute approximate surface area is 201 Å². The maximum atomic E-state index is 13.5. The number of hydrogen-bond acceptors (Lipinski definition) is 5. The van der Waals surface area contributed by atoms with Crippen LogP contribution in [0.2, 0.25) is 10.0 Å². The number of alkyl halides is 3. The summed E-state index contributed by atoms with van der Waals surface area (Å²) in [4.78, 5) is 15.0. The highest BCUT2D eigenvalue weighted by molar-refractivity contribution is 7.92. The summed E-state index contributed by atoms with van der Waals surface area (Å²) in [5, 5.41) is -0.716. The van der Waals surface area contributed by atoms with Crippen molar-refractivity contribution in [3.63, 3.8) is 0 Å². The number of rotatable bonds is 6. The molecule has 0 radical (unpaired) electrons. The van der Waals surface area contributed by atoms with Gasteiger partial charge in [0.05, 0.1) is 34.7 Å². The number of hydrogen-bond donors (Lipinski definition) is 0. The minimum absolute atomic E-state index is 0.0697. The number of methoxy groups -OCH3 is 1. The average Bonchev–Trinajstić information content (AvgIpc) is 2.77. The summed E-state index contributed by atoms with van der Waals surface area (Å²) >= 11 is 12.1. The molecule has 0 fully saturated rings. The van der Waals surface area contributed by atoms with Crippen LogP contribution in [0.5, 0.6) is 0 Å². The van der Waals surface area contributed by atoms with Crippen molar-refractivity contribution in [2.75, 3.05) is 11.4 Å². The predicted molar refractivity (Wildman–Crippen MR) is 117 cm³/mol. The summed E-state index contributed by atoms with van der Waals surface area (Å²) in [6.45, 7) is -0.529. The topological polar surface area (TPSA) is 76.6 Å². The molecule has 1 aromatic heterocycles. The molecule has 0 atom stereocenters. The van der Waals surface area contributed by atoms with Crippen molar-refractivity contribution in [1.82, 2.24) is 4.98 Å². The third kappa shape index (κ3) is 5.43. The maximum absolute atomic E-state index is 13.5. The fraction of sp³-hybridized carbons (Fsp3) is 0.143. The number of carbonyl (C=O) groups is 1. The number of halogens is 6. The molecule has 1 heterocycles. The highest BCUT2D eigenvalue weighted by Crippen LogP contribution is 2.36. The van der Waals surface area contributed by atoms with Crippen molar-refractivity contribution in [2.24, 2.45) is 0 Å². The van der Waals surface area contributed by atoms with E-state index in [-0.39, 0.29) is 21.0 Å². The summed E-state index contributed by atoms with van der Waals surface area (Å²) in [5.41, 5.74) is -0.975. The van der Waals surface area contributed by atoms with E-state index in [1.807, 2.05) is 0 Å². The molecule has 2 aromatic carbocycles. The normalized spacial score (nSPS) is 11.9. The first-order valence-electron chi connectivity index (χ1n) is 9.22. The van der Waals surface area contributed by atoms with Crippen LogP contribution >= 0.6 is 23.2 Å². The zero-order chi connectivity index (χ0) is 25.3. The molecule has 34 heavy (non-hydrogen) atoms. The molecule has 0 bridgehead atoms. The van der Waals surface area contributed by atoms with E-state index in [0.717, 1.165) is 31.4 Å². The van der Waals surface area contributed by atoms with Gasteiger partial charge in [-0.15, -0.1) is 0 Å². The van der Waals surface area contributed by atoms with Crippen LogP contribution in [0.1, 0.15) is 21.5 Å². The monoisotopic (exact) mass is 536 g/mol. The summed E-state index contributed by atoms with van der Waals surface area (Å²) in [5.74, 6) is -1.88. The molecular formula is C21H14Cl2F4N2O4S. The Morgan fingerprint density at radius 1 is 1.06 bits per heavy atom. The summed E-state index contributed by atoms with van der Waals surface area (Å²) in [6, 6.07) is 8.37. The first-order valence-corrected chi connectivity index (χ1v) is 11.4. The van der Waals surface area contributed by atoms with Crippen LogP contribution in [0.15, 0.2) is 59.6 Å². The quantitative estimate of drug-likeness (QED) is 0.297. The Hall–Kier alpha value is -2.89. The fourth-order valence-corrected chi connectivity index (χ4v) is 4.82. The number of esters is 1. The van der Waals surface area contributed by atoms with Crippen LogP contribution in [0, 0.1) is 5.82 Å². The molecule has 0 saturated carbocycles. The Kier molecular flexibility index (Phi) is 7.39. The van der Waals surface area contributed by atoms with Crippen LogP contribution in [0.3, 0.4) is 0 Å². The smallest absolute Gasteiger partial charge is 0.417 e. The third-order valence-electron chi connectivity index (χ3n) is 4.58. The van der Waals surface area contributed by atoms with Gasteiger partial charge in [0.1, 0.15) is 5.82 Å². The van der Waals surface area contributed by atoms with E-state index in [9.17, 15) is 30.8 Å². The molecular weight excluding hydrogens is 523 g/mol. The van der Waals surface area contributed by atoms with E-state index in [4.69, 9.17) is 23.2 Å². The van der Waals surface area contributed by atoms with Gasteiger partial charge in [-0.05, 0) is 48.0 Å². The summed E-state index contributed by atoms with van der Waals surface area (Å²) in [7, 11) is -3.35. The van der Waals surface area contributed by atoms with Crippen molar-refractivity contribution in [3.05, 3.63) is 87.3 Å². The van der Waals surface area contributed by atoms with Gasteiger partial charge in [0.15, 0.2) is 5.82 Å². The second-order valence-electron chi connectivity index (χ2n) is 6.79. The number of benzene rings is 2. The molecule has 0 aliphatic carbocycles. The Morgan fingerprint density at radius 3 is 2.24 bits per heavy atom. The van der Waals surface area contributed by atoms with Crippen molar-refractivity contribution in [1.29, 1.82) is 0 Å². The zero-order valence-electron chi connectivity index (χ0n) is 17.1.